The summed E-state index contributed by atoms with van der Waals surface area (Å²) in [7, 11) is 1.57. The maximum absolute atomic E-state index is 12.2. The Bertz CT molecular complexity index is 858. The van der Waals surface area contributed by atoms with E-state index in [-0.39, 0.29) is 28.5 Å². The van der Waals surface area contributed by atoms with Gasteiger partial charge in [0.25, 0.3) is 5.91 Å². The minimum atomic E-state index is -0.547. The molecule has 128 valence electrons. The van der Waals surface area contributed by atoms with Crippen LogP contribution in [0.4, 0.5) is 0 Å². The number of carbonyl (C=O) groups is 1. The third kappa shape index (κ3) is 4.99. The van der Waals surface area contributed by atoms with E-state index >= 15 is 0 Å². The van der Waals surface area contributed by atoms with Gasteiger partial charge in [0.15, 0.2) is 0 Å². The second-order valence-electron chi connectivity index (χ2n) is 5.03. The van der Waals surface area contributed by atoms with Gasteiger partial charge in [-0.1, -0.05) is 39.7 Å². The number of phenolic OH excluding ortho intramolecular Hbond substituents is 1. The molecule has 0 saturated heterocycles. The lowest BCUT2D eigenvalue weighted by Gasteiger charge is -2.07. The molecule has 25 heavy (non-hydrogen) atoms. The number of halogens is 2. The first kappa shape index (κ1) is 18.8. The third-order valence-corrected chi connectivity index (χ3v) is 4.08. The third-order valence-electron chi connectivity index (χ3n) is 3.33. The van der Waals surface area contributed by atoms with Crippen LogP contribution in [0.3, 0.4) is 0 Å². The highest BCUT2D eigenvalue weighted by molar-refractivity contribution is 9.10. The molecule has 0 aliphatic heterocycles. The zero-order chi connectivity index (χ0) is 18.4. The highest BCUT2D eigenvalue weighted by Crippen LogP contribution is 2.32. The Morgan fingerprint density at radius 3 is 2.68 bits per heavy atom. The first-order chi connectivity index (χ1) is 11.9. The SMILES string of the molecule is COc1ccc(CNC(=O)/C(C#N)=C/c2cc(Br)cc(Cl)c2O)cc1. The van der Waals surface area contributed by atoms with E-state index in [1.54, 1.807) is 25.3 Å². The van der Waals surface area contributed by atoms with Crippen molar-refractivity contribution in [2.75, 3.05) is 7.11 Å². The van der Waals surface area contributed by atoms with Gasteiger partial charge in [0.2, 0.25) is 0 Å². The van der Waals surface area contributed by atoms with E-state index in [2.05, 4.69) is 21.2 Å². The molecule has 0 saturated carbocycles. The van der Waals surface area contributed by atoms with Crippen molar-refractivity contribution >= 4 is 39.5 Å². The second-order valence-corrected chi connectivity index (χ2v) is 6.35. The van der Waals surface area contributed by atoms with Crippen molar-refractivity contribution in [3.8, 4) is 17.6 Å². The van der Waals surface area contributed by atoms with Gasteiger partial charge in [-0.2, -0.15) is 5.26 Å². The first-order valence-corrected chi connectivity index (χ1v) is 8.32. The minimum Gasteiger partial charge on any atom is -0.506 e. The molecular formula is C18H14BrClN2O3. The molecule has 2 rings (SSSR count). The maximum atomic E-state index is 12.2. The highest BCUT2D eigenvalue weighted by atomic mass is 79.9. The Labute approximate surface area is 158 Å². The van der Waals surface area contributed by atoms with Gasteiger partial charge in [0, 0.05) is 16.6 Å². The molecule has 0 aromatic heterocycles. The van der Waals surface area contributed by atoms with E-state index in [0.29, 0.717) is 4.47 Å². The first-order valence-electron chi connectivity index (χ1n) is 7.15. The average molecular weight is 422 g/mol. The van der Waals surface area contributed by atoms with Crippen molar-refractivity contribution in [2.24, 2.45) is 0 Å². The van der Waals surface area contributed by atoms with Crippen LogP contribution in [0.5, 0.6) is 11.5 Å². The van der Waals surface area contributed by atoms with Crippen LogP contribution < -0.4 is 10.1 Å². The van der Waals surface area contributed by atoms with Crippen LogP contribution in [0, 0.1) is 11.3 Å². The van der Waals surface area contributed by atoms with Gasteiger partial charge in [-0.3, -0.25) is 4.79 Å². The molecule has 0 aliphatic carbocycles. The van der Waals surface area contributed by atoms with Crippen molar-refractivity contribution in [1.29, 1.82) is 5.26 Å². The largest absolute Gasteiger partial charge is 0.506 e. The molecule has 0 atom stereocenters. The predicted octanol–water partition coefficient (Wildman–Crippen LogP) is 4.04. The van der Waals surface area contributed by atoms with Gasteiger partial charge in [0.1, 0.15) is 23.1 Å². The Balaban J connectivity index is 2.14. The normalized spacial score (nSPS) is 10.9. The second kappa shape index (κ2) is 8.56. The molecule has 7 heteroatoms. The Hall–Kier alpha value is -2.49. The maximum Gasteiger partial charge on any atom is 0.262 e. The topological polar surface area (TPSA) is 82.3 Å². The fraction of sp³-hybridized carbons (Fsp3) is 0.111. The van der Waals surface area contributed by atoms with Crippen LogP contribution in [0.15, 0.2) is 46.4 Å². The van der Waals surface area contributed by atoms with Gasteiger partial charge in [-0.15, -0.1) is 0 Å². The van der Waals surface area contributed by atoms with Gasteiger partial charge >= 0.3 is 0 Å². The highest BCUT2D eigenvalue weighted by Gasteiger charge is 2.12. The molecule has 0 heterocycles. The zero-order valence-electron chi connectivity index (χ0n) is 13.2. The van der Waals surface area contributed by atoms with Crippen molar-refractivity contribution in [2.45, 2.75) is 6.54 Å². The van der Waals surface area contributed by atoms with Crippen molar-refractivity contribution in [3.05, 3.63) is 62.6 Å². The molecule has 0 radical (unpaired) electrons. The zero-order valence-corrected chi connectivity index (χ0v) is 15.6. The fourth-order valence-corrected chi connectivity index (χ4v) is 2.85. The molecule has 2 aromatic carbocycles. The number of rotatable bonds is 5. The summed E-state index contributed by atoms with van der Waals surface area (Å²) < 4.78 is 5.69. The lowest BCUT2D eigenvalue weighted by Crippen LogP contribution is -2.23. The monoisotopic (exact) mass is 420 g/mol. The number of nitrogens with one attached hydrogen (secondary N) is 1. The average Bonchev–Trinajstić information content (AvgIpc) is 2.61. The number of phenols is 1. The number of methoxy groups -OCH3 is 1. The smallest absolute Gasteiger partial charge is 0.262 e. The van der Waals surface area contributed by atoms with Crippen LogP contribution in [0.25, 0.3) is 6.08 Å². The number of hydrogen-bond acceptors (Lipinski definition) is 4. The molecule has 5 nitrogen and oxygen atoms in total. The van der Waals surface area contributed by atoms with Gasteiger partial charge in [-0.25, -0.2) is 0 Å². The number of benzene rings is 2. The minimum absolute atomic E-state index is 0.122. The number of ether oxygens (including phenoxy) is 1. The summed E-state index contributed by atoms with van der Waals surface area (Å²) in [5.74, 6) is -0.0240. The Morgan fingerprint density at radius 2 is 2.08 bits per heavy atom. The van der Waals surface area contributed by atoms with E-state index in [9.17, 15) is 15.2 Å². The predicted molar refractivity (Wildman–Crippen MR) is 99.2 cm³/mol. The molecule has 0 bridgehead atoms. The van der Waals surface area contributed by atoms with Gasteiger partial charge < -0.3 is 15.2 Å². The van der Waals surface area contributed by atoms with E-state index in [0.717, 1.165) is 11.3 Å². The molecule has 0 aliphatic rings. The van der Waals surface area contributed by atoms with E-state index in [4.69, 9.17) is 16.3 Å². The molecule has 0 fully saturated rings. The Morgan fingerprint density at radius 1 is 1.40 bits per heavy atom. The molecule has 1 amide bonds. The summed E-state index contributed by atoms with van der Waals surface area (Å²) in [5, 5.41) is 22.0. The Kier molecular flexibility index (Phi) is 6.45. The van der Waals surface area contributed by atoms with Crippen molar-refractivity contribution in [3.63, 3.8) is 0 Å². The lowest BCUT2D eigenvalue weighted by atomic mass is 10.1. The quantitative estimate of drug-likeness (QED) is 0.564. The number of aromatic hydroxyl groups is 1. The van der Waals surface area contributed by atoms with Crippen molar-refractivity contribution < 1.29 is 14.6 Å². The van der Waals surface area contributed by atoms with Gasteiger partial charge in [0.05, 0.1) is 12.1 Å². The summed E-state index contributed by atoms with van der Waals surface area (Å²) in [5.41, 5.74) is 0.994. The van der Waals surface area contributed by atoms with Crippen LogP contribution in [0.1, 0.15) is 11.1 Å². The lowest BCUT2D eigenvalue weighted by molar-refractivity contribution is -0.117. The molecule has 2 N–H and O–H groups in total. The van der Waals surface area contributed by atoms with E-state index in [1.807, 2.05) is 18.2 Å². The number of nitrogens with zero attached hydrogens (tertiary/aromatic N) is 1. The number of amides is 1. The van der Waals surface area contributed by atoms with Crippen LogP contribution in [0.2, 0.25) is 5.02 Å². The van der Waals surface area contributed by atoms with Crippen LogP contribution in [-0.4, -0.2) is 18.1 Å². The van der Waals surface area contributed by atoms with E-state index in [1.165, 1.54) is 12.1 Å². The summed E-state index contributed by atoms with van der Waals surface area (Å²) in [6.45, 7) is 0.257. The molecule has 0 spiro atoms. The number of hydrogen-bond donors (Lipinski definition) is 2. The number of carbonyl (C=O) groups excluding carboxylic acids is 1. The van der Waals surface area contributed by atoms with Crippen LogP contribution >= 0.6 is 27.5 Å². The molecule has 2 aromatic rings. The standard InChI is InChI=1S/C18H14BrClN2O3/c1-25-15-4-2-11(3-5-15)10-22-18(24)13(9-21)6-12-7-14(19)8-16(20)17(12)23/h2-8,23H,10H2,1H3,(H,22,24)/b13-6+. The van der Waals surface area contributed by atoms with Gasteiger partial charge in [-0.05, 0) is 35.9 Å². The fourth-order valence-electron chi connectivity index (χ4n) is 2.02. The number of nitriles is 1. The summed E-state index contributed by atoms with van der Waals surface area (Å²) in [4.78, 5) is 12.2. The molecule has 0 unspecified atom stereocenters. The van der Waals surface area contributed by atoms with Crippen molar-refractivity contribution in [1.82, 2.24) is 5.32 Å². The van der Waals surface area contributed by atoms with Crippen LogP contribution in [-0.2, 0) is 11.3 Å². The summed E-state index contributed by atoms with van der Waals surface area (Å²) in [6, 6.07) is 12.1. The summed E-state index contributed by atoms with van der Waals surface area (Å²) in [6.07, 6.45) is 1.29. The van der Waals surface area contributed by atoms with E-state index < -0.39 is 5.91 Å². The molecular weight excluding hydrogens is 408 g/mol. The summed E-state index contributed by atoms with van der Waals surface area (Å²) >= 11 is 9.14.